The van der Waals surface area contributed by atoms with Crippen LogP contribution in [0.25, 0.3) is 0 Å². The highest BCUT2D eigenvalue weighted by atomic mass is 32.1. The van der Waals surface area contributed by atoms with Gasteiger partial charge in [-0.3, -0.25) is 4.79 Å². The van der Waals surface area contributed by atoms with Crippen LogP contribution in [0, 0.1) is 0 Å². The van der Waals surface area contributed by atoms with E-state index in [0.29, 0.717) is 6.42 Å². The predicted molar refractivity (Wildman–Crippen MR) is 76.4 cm³/mol. The van der Waals surface area contributed by atoms with Crippen molar-refractivity contribution in [3.63, 3.8) is 0 Å². The summed E-state index contributed by atoms with van der Waals surface area (Å²) in [6, 6.07) is 8.16. The van der Waals surface area contributed by atoms with Gasteiger partial charge in [0.05, 0.1) is 5.56 Å². The maximum Gasteiger partial charge on any atom is 0.416 e. The standard InChI is InChI=1S/C15H14F3NOS/c1-10(8-13-6-3-7-21-13)19-14(20)11-4-2-5-12(9-11)15(16,17)18/h2-7,9-10H,8H2,1H3,(H,19,20). The molecule has 1 heterocycles. The topological polar surface area (TPSA) is 29.1 Å². The number of amides is 1. The third-order valence-corrected chi connectivity index (χ3v) is 3.82. The summed E-state index contributed by atoms with van der Waals surface area (Å²) in [6.07, 6.45) is -3.79. The van der Waals surface area contributed by atoms with E-state index in [4.69, 9.17) is 0 Å². The van der Waals surface area contributed by atoms with Gasteiger partial charge in [0.15, 0.2) is 0 Å². The van der Waals surface area contributed by atoms with E-state index in [0.717, 1.165) is 17.0 Å². The zero-order valence-corrected chi connectivity index (χ0v) is 12.1. The molecular weight excluding hydrogens is 299 g/mol. The fourth-order valence-electron chi connectivity index (χ4n) is 1.93. The Bertz CT molecular complexity index is 608. The van der Waals surface area contributed by atoms with Crippen LogP contribution in [0.1, 0.15) is 27.7 Å². The summed E-state index contributed by atoms with van der Waals surface area (Å²) in [7, 11) is 0. The number of hydrogen-bond donors (Lipinski definition) is 1. The number of carbonyl (C=O) groups is 1. The zero-order chi connectivity index (χ0) is 15.5. The van der Waals surface area contributed by atoms with Crippen molar-refractivity contribution in [2.45, 2.75) is 25.6 Å². The van der Waals surface area contributed by atoms with Crippen molar-refractivity contribution < 1.29 is 18.0 Å². The van der Waals surface area contributed by atoms with Gasteiger partial charge in [-0.1, -0.05) is 12.1 Å². The molecule has 0 fully saturated rings. The second kappa shape index (κ2) is 6.30. The van der Waals surface area contributed by atoms with Crippen LogP contribution in [0.5, 0.6) is 0 Å². The first kappa shape index (κ1) is 15.6. The summed E-state index contributed by atoms with van der Waals surface area (Å²) >= 11 is 1.58. The highest BCUT2D eigenvalue weighted by molar-refractivity contribution is 7.09. The Morgan fingerprint density at radius 2 is 2.05 bits per heavy atom. The van der Waals surface area contributed by atoms with Gasteiger partial charge in [0.25, 0.3) is 5.91 Å². The lowest BCUT2D eigenvalue weighted by Crippen LogP contribution is -2.34. The smallest absolute Gasteiger partial charge is 0.349 e. The van der Waals surface area contributed by atoms with E-state index < -0.39 is 17.6 Å². The number of halogens is 3. The first-order chi connectivity index (χ1) is 9.86. The first-order valence-electron chi connectivity index (χ1n) is 6.37. The van der Waals surface area contributed by atoms with E-state index in [1.807, 2.05) is 24.4 Å². The SMILES string of the molecule is CC(Cc1cccs1)NC(=O)c1cccc(C(F)(F)F)c1. The average Bonchev–Trinajstić information content (AvgIpc) is 2.90. The van der Waals surface area contributed by atoms with Gasteiger partial charge in [-0.05, 0) is 36.6 Å². The minimum Gasteiger partial charge on any atom is -0.349 e. The summed E-state index contributed by atoms with van der Waals surface area (Å²) in [5.41, 5.74) is -0.802. The van der Waals surface area contributed by atoms with Gasteiger partial charge in [-0.15, -0.1) is 11.3 Å². The van der Waals surface area contributed by atoms with Crippen molar-refractivity contribution in [2.75, 3.05) is 0 Å². The number of hydrogen-bond acceptors (Lipinski definition) is 2. The van der Waals surface area contributed by atoms with Crippen molar-refractivity contribution in [1.29, 1.82) is 0 Å². The molecule has 2 rings (SSSR count). The molecule has 0 spiro atoms. The van der Waals surface area contributed by atoms with Gasteiger partial charge < -0.3 is 5.32 Å². The molecule has 0 radical (unpaired) electrons. The molecule has 2 nitrogen and oxygen atoms in total. The van der Waals surface area contributed by atoms with Gasteiger partial charge >= 0.3 is 6.18 Å². The summed E-state index contributed by atoms with van der Waals surface area (Å²) in [6.45, 7) is 1.82. The molecule has 1 N–H and O–H groups in total. The minimum atomic E-state index is -4.45. The molecule has 0 aliphatic carbocycles. The summed E-state index contributed by atoms with van der Waals surface area (Å²) < 4.78 is 37.8. The Morgan fingerprint density at radius 3 is 2.67 bits per heavy atom. The lowest BCUT2D eigenvalue weighted by molar-refractivity contribution is -0.137. The molecule has 1 atom stereocenters. The fourth-order valence-corrected chi connectivity index (χ4v) is 2.76. The largest absolute Gasteiger partial charge is 0.416 e. The van der Waals surface area contributed by atoms with Crippen LogP contribution in [-0.4, -0.2) is 11.9 Å². The van der Waals surface area contributed by atoms with Crippen LogP contribution in [0.15, 0.2) is 41.8 Å². The molecule has 1 amide bonds. The molecule has 2 aromatic rings. The molecule has 0 bridgehead atoms. The molecule has 0 saturated heterocycles. The van der Waals surface area contributed by atoms with Gasteiger partial charge in [0.2, 0.25) is 0 Å². The Balaban J connectivity index is 2.03. The highest BCUT2D eigenvalue weighted by Crippen LogP contribution is 2.29. The van der Waals surface area contributed by atoms with Gasteiger partial charge in [-0.25, -0.2) is 0 Å². The monoisotopic (exact) mass is 313 g/mol. The number of alkyl halides is 3. The van der Waals surface area contributed by atoms with Crippen LogP contribution >= 0.6 is 11.3 Å². The quantitative estimate of drug-likeness (QED) is 0.903. The predicted octanol–water partition coefficient (Wildman–Crippen LogP) is 4.13. The molecule has 1 unspecified atom stereocenters. The van der Waals surface area contributed by atoms with E-state index >= 15 is 0 Å². The second-order valence-electron chi connectivity index (χ2n) is 4.74. The van der Waals surface area contributed by atoms with Crippen molar-refractivity contribution in [3.05, 3.63) is 57.8 Å². The van der Waals surface area contributed by atoms with Crippen molar-refractivity contribution in [1.82, 2.24) is 5.32 Å². The van der Waals surface area contributed by atoms with Crippen LogP contribution in [0.2, 0.25) is 0 Å². The average molecular weight is 313 g/mol. The van der Waals surface area contributed by atoms with Gasteiger partial charge in [0.1, 0.15) is 0 Å². The van der Waals surface area contributed by atoms with Crippen molar-refractivity contribution in [2.24, 2.45) is 0 Å². The maximum absolute atomic E-state index is 12.6. The fraction of sp³-hybridized carbons (Fsp3) is 0.267. The number of thiophene rings is 1. The lowest BCUT2D eigenvalue weighted by Gasteiger charge is -2.14. The Labute approximate surface area is 124 Å². The molecule has 1 aromatic heterocycles. The van der Waals surface area contributed by atoms with E-state index in [1.165, 1.54) is 12.1 Å². The molecule has 21 heavy (non-hydrogen) atoms. The van der Waals surface area contributed by atoms with Crippen LogP contribution in [0.3, 0.4) is 0 Å². The number of nitrogens with one attached hydrogen (secondary N) is 1. The van der Waals surface area contributed by atoms with Crippen molar-refractivity contribution >= 4 is 17.2 Å². The normalized spacial score (nSPS) is 13.0. The summed E-state index contributed by atoms with van der Waals surface area (Å²) in [5.74, 6) is -0.495. The number of carbonyl (C=O) groups excluding carboxylic acids is 1. The van der Waals surface area contributed by atoms with Crippen LogP contribution in [0.4, 0.5) is 13.2 Å². The summed E-state index contributed by atoms with van der Waals surface area (Å²) in [4.78, 5) is 13.1. The van der Waals surface area contributed by atoms with Crippen LogP contribution in [-0.2, 0) is 12.6 Å². The van der Waals surface area contributed by atoms with Crippen LogP contribution < -0.4 is 5.32 Å². The Morgan fingerprint density at radius 1 is 1.29 bits per heavy atom. The zero-order valence-electron chi connectivity index (χ0n) is 11.3. The van der Waals surface area contributed by atoms with Crippen molar-refractivity contribution in [3.8, 4) is 0 Å². The molecule has 112 valence electrons. The van der Waals surface area contributed by atoms with E-state index in [-0.39, 0.29) is 11.6 Å². The third-order valence-electron chi connectivity index (χ3n) is 2.92. The third kappa shape index (κ3) is 4.32. The minimum absolute atomic E-state index is 0.0165. The maximum atomic E-state index is 12.6. The highest BCUT2D eigenvalue weighted by Gasteiger charge is 2.30. The van der Waals surface area contributed by atoms with Gasteiger partial charge in [-0.2, -0.15) is 13.2 Å². The molecule has 0 aliphatic heterocycles. The summed E-state index contributed by atoms with van der Waals surface area (Å²) in [5, 5.41) is 4.65. The molecule has 6 heteroatoms. The van der Waals surface area contributed by atoms with Gasteiger partial charge in [0, 0.05) is 22.9 Å². The van der Waals surface area contributed by atoms with E-state index in [9.17, 15) is 18.0 Å². The van der Waals surface area contributed by atoms with E-state index in [1.54, 1.807) is 11.3 Å². The molecule has 0 saturated carbocycles. The molecule has 1 aromatic carbocycles. The number of benzene rings is 1. The lowest BCUT2D eigenvalue weighted by atomic mass is 10.1. The first-order valence-corrected chi connectivity index (χ1v) is 7.25. The molecular formula is C15H14F3NOS. The molecule has 0 aliphatic rings. The second-order valence-corrected chi connectivity index (χ2v) is 5.77. The Hall–Kier alpha value is -1.82. The van der Waals surface area contributed by atoms with E-state index in [2.05, 4.69) is 5.32 Å². The Kier molecular flexibility index (Phi) is 4.67. The number of rotatable bonds is 4.